The fourth-order valence-corrected chi connectivity index (χ4v) is 18.6. The van der Waals surface area contributed by atoms with Crippen LogP contribution in [0, 0.1) is 116 Å². The summed E-state index contributed by atoms with van der Waals surface area (Å²) in [4.78, 5) is 47.8. The van der Waals surface area contributed by atoms with E-state index >= 15 is 0 Å². The van der Waals surface area contributed by atoms with Crippen LogP contribution in [0.5, 0.6) is 0 Å². The second-order valence-electron chi connectivity index (χ2n) is 31.1. The molecule has 0 aromatic carbocycles. The minimum Gasteiger partial charge on any atom is -0.438 e. The number of hydrogen-bond donors (Lipinski definition) is 0. The van der Waals surface area contributed by atoms with Crippen LogP contribution in [0.2, 0.25) is 0 Å². The van der Waals surface area contributed by atoms with Gasteiger partial charge in [0, 0.05) is 0 Å². The van der Waals surface area contributed by atoms with Gasteiger partial charge in [-0.15, -0.1) is 0 Å². The molecule has 0 heterocycles. The Hall–Kier alpha value is -2.28. The molecular weight excluding hydrogens is 1100 g/mol. The second kappa shape index (κ2) is 34.8. The van der Waals surface area contributed by atoms with E-state index in [-0.39, 0.29) is 104 Å². The van der Waals surface area contributed by atoms with E-state index in [1.807, 2.05) is 90.0 Å². The Morgan fingerprint density at radius 3 is 1.11 bits per heavy atom. The smallest absolute Gasteiger partial charge is 0.313 e. The molecule has 0 amide bonds. The fraction of sp³-hybridized carbons (Fsp3) is 0.947. The third-order valence-corrected chi connectivity index (χ3v) is 24.4. The van der Waals surface area contributed by atoms with Crippen molar-refractivity contribution >= 4 is 23.9 Å². The summed E-state index contributed by atoms with van der Waals surface area (Å²) in [6.07, 6.45) is 29.9. The normalized spacial score (nSPS) is 35.7. The molecule has 14 saturated carbocycles. The van der Waals surface area contributed by atoms with Gasteiger partial charge in [-0.2, -0.15) is 0 Å². The number of carbonyl (C=O) groups excluding carboxylic acids is 4. The van der Waals surface area contributed by atoms with Gasteiger partial charge in [0.05, 0.1) is 46.1 Å². The number of rotatable bonds is 20. The van der Waals surface area contributed by atoms with Crippen LogP contribution in [0.3, 0.4) is 0 Å². The van der Waals surface area contributed by atoms with E-state index in [2.05, 4.69) is 0 Å². The van der Waals surface area contributed by atoms with E-state index in [0.29, 0.717) is 36.3 Å². The summed E-state index contributed by atoms with van der Waals surface area (Å²) < 4.78 is 45.4. The molecule has 14 aliphatic rings. The van der Waals surface area contributed by atoms with Gasteiger partial charge < -0.3 is 37.9 Å². The molecule has 11 atom stereocenters. The first kappa shape index (κ1) is 83.7. The topological polar surface area (TPSA) is 142 Å². The lowest BCUT2D eigenvalue weighted by molar-refractivity contribution is -0.224. The Morgan fingerprint density at radius 1 is 0.352 bits per heavy atom. The van der Waals surface area contributed by atoms with E-state index in [4.69, 9.17) is 37.9 Å². The third kappa shape index (κ3) is 19.0. The van der Waals surface area contributed by atoms with Gasteiger partial charge in [0.25, 0.3) is 0 Å². The SMILES string of the molecule is C.C.C.C.C.C.C.C.CCC(C)(C)C(=O)OC(C)OC1C2CC3CC(C2)CC1C3.CCC(C)(C)C(=O)OCOC1C2CC3CC(C2)CC1C3.CCC(C)(C)C(=O)OCOC1CC2CC1C1C3CCC(C3)C21.CCC(C)(C)C(=O)OCOC1CC2CCC1C2. The van der Waals surface area contributed by atoms with Gasteiger partial charge in [-0.3, -0.25) is 19.2 Å². The summed E-state index contributed by atoms with van der Waals surface area (Å²) >= 11 is 0. The first-order valence-corrected chi connectivity index (χ1v) is 33.1. The molecule has 88 heavy (non-hydrogen) atoms. The van der Waals surface area contributed by atoms with E-state index < -0.39 is 27.9 Å². The van der Waals surface area contributed by atoms with Gasteiger partial charge in [0.1, 0.15) is 0 Å². The third-order valence-electron chi connectivity index (χ3n) is 24.4. The minimum atomic E-state index is -0.415. The van der Waals surface area contributed by atoms with Crippen molar-refractivity contribution in [1.29, 1.82) is 0 Å². The monoisotopic (exact) mass is 1250 g/mol. The lowest BCUT2D eigenvalue weighted by Gasteiger charge is -2.54. The van der Waals surface area contributed by atoms with Crippen LogP contribution >= 0.6 is 0 Å². The molecule has 0 aliphatic heterocycles. The van der Waals surface area contributed by atoms with Gasteiger partial charge >= 0.3 is 23.9 Å². The number of carbonyl (C=O) groups is 4. The van der Waals surface area contributed by atoms with Crippen LogP contribution < -0.4 is 0 Å². The van der Waals surface area contributed by atoms with E-state index in [1.165, 1.54) is 122 Å². The summed E-state index contributed by atoms with van der Waals surface area (Å²) in [7, 11) is 0. The van der Waals surface area contributed by atoms with Crippen LogP contribution in [-0.2, 0) is 57.1 Å². The highest BCUT2D eigenvalue weighted by Crippen LogP contribution is 2.68. The molecule has 520 valence electrons. The zero-order chi connectivity index (χ0) is 57.5. The Balaban J connectivity index is 0.000000572. The molecular formula is C76H144O12. The molecule has 14 aliphatic carbocycles. The molecule has 0 radical (unpaired) electrons. The highest BCUT2D eigenvalue weighted by molar-refractivity contribution is 5.77. The van der Waals surface area contributed by atoms with Crippen LogP contribution in [-0.4, -0.2) is 75.0 Å². The van der Waals surface area contributed by atoms with Gasteiger partial charge in [-0.05, 0) is 305 Å². The maximum atomic E-state index is 12.2. The molecule has 0 aromatic rings. The number of hydrogen-bond acceptors (Lipinski definition) is 12. The Morgan fingerprint density at radius 2 is 0.716 bits per heavy atom. The van der Waals surface area contributed by atoms with Crippen LogP contribution in [0.1, 0.15) is 297 Å². The number of fused-ring (bicyclic) bond motifs is 11. The minimum absolute atomic E-state index is 0. The lowest BCUT2D eigenvalue weighted by Crippen LogP contribution is -2.50. The summed E-state index contributed by atoms with van der Waals surface area (Å²) in [6, 6.07) is 0. The maximum Gasteiger partial charge on any atom is 0.313 e. The number of ether oxygens (including phenoxy) is 8. The zero-order valence-electron chi connectivity index (χ0n) is 52.4. The summed E-state index contributed by atoms with van der Waals surface area (Å²) in [5.41, 5.74) is -1.60. The van der Waals surface area contributed by atoms with Crippen molar-refractivity contribution in [2.45, 2.75) is 328 Å². The lowest BCUT2D eigenvalue weighted by atomic mass is 9.55. The average molecular weight is 1250 g/mol. The predicted octanol–water partition coefficient (Wildman–Crippen LogP) is 20.1. The van der Waals surface area contributed by atoms with Crippen molar-refractivity contribution < 1.29 is 57.1 Å². The highest BCUT2D eigenvalue weighted by atomic mass is 16.7. The summed E-state index contributed by atoms with van der Waals surface area (Å²) in [5, 5.41) is 0. The summed E-state index contributed by atoms with van der Waals surface area (Å²) in [5.74, 6) is 13.3. The molecule has 14 fully saturated rings. The first-order chi connectivity index (χ1) is 37.9. The maximum absolute atomic E-state index is 12.2. The van der Waals surface area contributed by atoms with Gasteiger partial charge in [0.15, 0.2) is 26.7 Å². The van der Waals surface area contributed by atoms with E-state index in [9.17, 15) is 19.2 Å². The molecule has 0 N–H and O–H groups in total. The van der Waals surface area contributed by atoms with Crippen molar-refractivity contribution in [2.24, 2.45) is 116 Å². The van der Waals surface area contributed by atoms with E-state index in [1.54, 1.807) is 0 Å². The average Bonchev–Trinajstić information content (AvgIpc) is 1.53. The largest absolute Gasteiger partial charge is 0.438 e. The standard InChI is InChI=1S/C19H30O3.C18H30O3.C17H28O3.C14H24O3.8CH4/c1-4-19(2,3)18(20)22-10-21-15-9-13-8-14(15)17-12-6-5-11(7-12)16(13)17;1-5-18(3,4)17(19)21-11(2)20-16-14-7-12-6-13(9-14)10-15(16)8-12;1-4-17(2,3)16(18)20-10-19-15-13-6-11-5-12(8-13)9-14(15)7-11;1-4-14(2,3)13(15)17-9-16-12-8-10-5-6-11(12)7-10;;;;;;;;/h11-17H,4-10H2,1-3H3;11-16H,5-10H2,1-4H3;11-15H,4-10H2,1-3H3;10-12H,4-9H2,1-3H3;8*1H4. The summed E-state index contributed by atoms with van der Waals surface area (Å²) in [6.45, 7) is 25.8. The molecule has 0 aromatic heterocycles. The van der Waals surface area contributed by atoms with Crippen molar-refractivity contribution in [2.75, 3.05) is 20.4 Å². The Bertz CT molecular complexity index is 2040. The predicted molar refractivity (Wildman–Crippen MR) is 362 cm³/mol. The Labute approximate surface area is 543 Å². The fourth-order valence-electron chi connectivity index (χ4n) is 18.6. The van der Waals surface area contributed by atoms with Crippen LogP contribution in [0.25, 0.3) is 0 Å². The highest BCUT2D eigenvalue weighted by Gasteiger charge is 2.63. The first-order valence-electron chi connectivity index (χ1n) is 33.1. The second-order valence-corrected chi connectivity index (χ2v) is 31.1. The zero-order valence-corrected chi connectivity index (χ0v) is 52.4. The van der Waals surface area contributed by atoms with Crippen LogP contribution in [0.15, 0.2) is 0 Å². The van der Waals surface area contributed by atoms with E-state index in [0.717, 1.165) is 109 Å². The quantitative estimate of drug-likeness (QED) is 0.0496. The van der Waals surface area contributed by atoms with Crippen LogP contribution in [0.4, 0.5) is 0 Å². The van der Waals surface area contributed by atoms with Crippen molar-refractivity contribution in [3.8, 4) is 0 Å². The molecule has 11 unspecified atom stereocenters. The van der Waals surface area contributed by atoms with Gasteiger partial charge in [0.2, 0.25) is 0 Å². The van der Waals surface area contributed by atoms with Crippen molar-refractivity contribution in [3.63, 3.8) is 0 Å². The van der Waals surface area contributed by atoms with Gasteiger partial charge in [-0.1, -0.05) is 87.1 Å². The molecule has 12 heteroatoms. The van der Waals surface area contributed by atoms with Crippen molar-refractivity contribution in [1.82, 2.24) is 0 Å². The molecule has 14 bridgehead atoms. The Kier molecular flexibility index (Phi) is 33.1. The molecule has 14 rings (SSSR count). The molecule has 12 nitrogen and oxygen atoms in total. The molecule has 0 spiro atoms. The van der Waals surface area contributed by atoms with Crippen molar-refractivity contribution in [3.05, 3.63) is 0 Å². The molecule has 0 saturated heterocycles. The van der Waals surface area contributed by atoms with Gasteiger partial charge in [-0.25, -0.2) is 0 Å². The number of esters is 4.